The summed E-state index contributed by atoms with van der Waals surface area (Å²) in [6, 6.07) is 13.7. The minimum atomic E-state index is -0.769. The summed E-state index contributed by atoms with van der Waals surface area (Å²) in [7, 11) is 0. The number of hydrogen-bond donors (Lipinski definition) is 2. The Bertz CT molecular complexity index is 1130. The van der Waals surface area contributed by atoms with Crippen LogP contribution in [0.4, 0.5) is 17.5 Å². The van der Waals surface area contributed by atoms with Crippen molar-refractivity contribution >= 4 is 17.5 Å². The van der Waals surface area contributed by atoms with Gasteiger partial charge in [-0.3, -0.25) is 4.98 Å². The molecule has 2 aromatic heterocycles. The SMILES string of the molecule is CC(N)(/C=C\Nc1ccccc1)N1CCc2c(Oc3cccnc3)nc(N3CCOCC3)nc21. The molecular weight excluding hydrogens is 430 g/mol. The lowest BCUT2D eigenvalue weighted by atomic mass is 10.2. The van der Waals surface area contributed by atoms with Crippen molar-refractivity contribution in [3.63, 3.8) is 0 Å². The van der Waals surface area contributed by atoms with E-state index in [0.717, 1.165) is 36.6 Å². The maximum Gasteiger partial charge on any atom is 0.230 e. The fraction of sp³-hybridized carbons (Fsp3) is 0.320. The quantitative estimate of drug-likeness (QED) is 0.552. The van der Waals surface area contributed by atoms with Crippen molar-refractivity contribution in [3.05, 3.63) is 72.7 Å². The lowest BCUT2D eigenvalue weighted by molar-refractivity contribution is 0.122. The number of anilines is 3. The molecule has 1 unspecified atom stereocenters. The van der Waals surface area contributed by atoms with Crippen LogP contribution in [0, 0.1) is 0 Å². The van der Waals surface area contributed by atoms with Gasteiger partial charge in [0.2, 0.25) is 11.8 Å². The number of nitrogens with one attached hydrogen (secondary N) is 1. The van der Waals surface area contributed by atoms with Crippen LogP contribution in [0.25, 0.3) is 0 Å². The number of aromatic nitrogens is 3. The topological polar surface area (TPSA) is 102 Å². The number of nitrogens with two attached hydrogens (primary N) is 1. The highest BCUT2D eigenvalue weighted by Crippen LogP contribution is 2.38. The van der Waals surface area contributed by atoms with Gasteiger partial charge in [-0.05, 0) is 43.7 Å². The molecule has 9 heteroatoms. The van der Waals surface area contributed by atoms with Gasteiger partial charge in [-0.25, -0.2) is 0 Å². The second-order valence-corrected chi connectivity index (χ2v) is 8.49. The lowest BCUT2D eigenvalue weighted by Gasteiger charge is -2.35. The summed E-state index contributed by atoms with van der Waals surface area (Å²) < 4.78 is 11.7. The Hall–Kier alpha value is -3.69. The molecule has 2 aliphatic heterocycles. The average Bonchev–Trinajstić information content (AvgIpc) is 3.31. The fourth-order valence-corrected chi connectivity index (χ4v) is 4.12. The highest BCUT2D eigenvalue weighted by molar-refractivity contribution is 5.62. The van der Waals surface area contributed by atoms with Crippen LogP contribution in [-0.2, 0) is 11.2 Å². The maximum absolute atomic E-state index is 6.79. The van der Waals surface area contributed by atoms with E-state index < -0.39 is 5.66 Å². The second-order valence-electron chi connectivity index (χ2n) is 8.49. The molecule has 34 heavy (non-hydrogen) atoms. The van der Waals surface area contributed by atoms with Crippen LogP contribution >= 0.6 is 0 Å². The maximum atomic E-state index is 6.79. The van der Waals surface area contributed by atoms with Gasteiger partial charge in [0.15, 0.2) is 0 Å². The van der Waals surface area contributed by atoms with Crippen LogP contribution in [0.2, 0.25) is 0 Å². The van der Waals surface area contributed by atoms with Gasteiger partial charge < -0.3 is 30.3 Å². The molecule has 0 radical (unpaired) electrons. The molecule has 2 aliphatic rings. The Balaban J connectivity index is 1.45. The third-order valence-electron chi connectivity index (χ3n) is 5.95. The number of fused-ring (bicyclic) bond motifs is 1. The van der Waals surface area contributed by atoms with Crippen LogP contribution in [0.1, 0.15) is 12.5 Å². The first-order valence-corrected chi connectivity index (χ1v) is 11.5. The summed E-state index contributed by atoms with van der Waals surface area (Å²) in [5.74, 6) is 2.60. The molecule has 1 fully saturated rings. The zero-order valence-electron chi connectivity index (χ0n) is 19.2. The zero-order chi connectivity index (χ0) is 23.4. The van der Waals surface area contributed by atoms with Crippen molar-refractivity contribution in [3.8, 4) is 11.6 Å². The van der Waals surface area contributed by atoms with Gasteiger partial charge in [0.05, 0.1) is 25.0 Å². The molecule has 0 aliphatic carbocycles. The van der Waals surface area contributed by atoms with E-state index in [1.165, 1.54) is 0 Å². The van der Waals surface area contributed by atoms with Gasteiger partial charge in [-0.2, -0.15) is 9.97 Å². The van der Waals surface area contributed by atoms with Crippen molar-refractivity contribution < 1.29 is 9.47 Å². The van der Waals surface area contributed by atoms with Crippen molar-refractivity contribution in [2.24, 2.45) is 5.73 Å². The minimum absolute atomic E-state index is 0.546. The number of hydrogen-bond acceptors (Lipinski definition) is 9. The molecule has 0 spiro atoms. The van der Waals surface area contributed by atoms with E-state index in [2.05, 4.69) is 20.1 Å². The van der Waals surface area contributed by atoms with Crippen LogP contribution in [0.5, 0.6) is 11.6 Å². The van der Waals surface area contributed by atoms with Crippen molar-refractivity contribution in [2.75, 3.05) is 48.0 Å². The first-order valence-electron chi connectivity index (χ1n) is 11.5. The second kappa shape index (κ2) is 9.66. The van der Waals surface area contributed by atoms with E-state index in [-0.39, 0.29) is 0 Å². The molecular formula is C25H29N7O2. The molecule has 9 nitrogen and oxygen atoms in total. The fourth-order valence-electron chi connectivity index (χ4n) is 4.12. The summed E-state index contributed by atoms with van der Waals surface area (Å²) in [5, 5.41) is 3.28. The Morgan fingerprint density at radius 1 is 1.09 bits per heavy atom. The Morgan fingerprint density at radius 3 is 2.68 bits per heavy atom. The van der Waals surface area contributed by atoms with E-state index in [4.69, 9.17) is 25.2 Å². The van der Waals surface area contributed by atoms with Crippen LogP contribution in [-0.4, -0.2) is 53.5 Å². The molecule has 1 aromatic carbocycles. The summed E-state index contributed by atoms with van der Waals surface area (Å²) in [6.45, 7) is 5.43. The normalized spacial score (nSPS) is 17.5. The Labute approximate surface area is 199 Å². The van der Waals surface area contributed by atoms with E-state index in [1.54, 1.807) is 12.4 Å². The Morgan fingerprint density at radius 2 is 1.91 bits per heavy atom. The lowest BCUT2D eigenvalue weighted by Crippen LogP contribution is -2.52. The number of rotatable bonds is 7. The molecule has 0 saturated carbocycles. The molecule has 176 valence electrons. The molecule has 5 rings (SSSR count). The number of para-hydroxylation sites is 1. The van der Waals surface area contributed by atoms with E-state index in [9.17, 15) is 0 Å². The molecule has 3 aromatic rings. The van der Waals surface area contributed by atoms with Crippen LogP contribution in [0.15, 0.2) is 67.1 Å². The van der Waals surface area contributed by atoms with Crippen molar-refractivity contribution in [1.82, 2.24) is 15.0 Å². The number of pyridine rings is 1. The summed E-state index contributed by atoms with van der Waals surface area (Å²) >= 11 is 0. The number of benzene rings is 1. The minimum Gasteiger partial charge on any atom is -0.437 e. The molecule has 1 saturated heterocycles. The van der Waals surface area contributed by atoms with Gasteiger partial charge in [0.1, 0.15) is 17.2 Å². The first kappa shape index (κ1) is 22.1. The van der Waals surface area contributed by atoms with Gasteiger partial charge in [-0.1, -0.05) is 18.2 Å². The molecule has 0 bridgehead atoms. The summed E-state index contributed by atoms with van der Waals surface area (Å²) in [4.78, 5) is 18.1. The van der Waals surface area contributed by atoms with Gasteiger partial charge in [0.25, 0.3) is 0 Å². The number of ether oxygens (including phenoxy) is 2. The third kappa shape index (κ3) is 4.80. The zero-order valence-corrected chi connectivity index (χ0v) is 19.2. The Kier molecular flexibility index (Phi) is 6.29. The summed E-state index contributed by atoms with van der Waals surface area (Å²) in [5.41, 5.74) is 7.96. The third-order valence-corrected chi connectivity index (χ3v) is 5.95. The van der Waals surface area contributed by atoms with Crippen molar-refractivity contribution in [1.29, 1.82) is 0 Å². The van der Waals surface area contributed by atoms with Crippen LogP contribution < -0.4 is 25.6 Å². The van der Waals surface area contributed by atoms with Crippen molar-refractivity contribution in [2.45, 2.75) is 19.0 Å². The highest BCUT2D eigenvalue weighted by atomic mass is 16.5. The molecule has 4 heterocycles. The summed E-state index contributed by atoms with van der Waals surface area (Å²) in [6.07, 6.45) is 7.97. The standard InChI is InChI=1S/C25H29N7O2/c1-25(26,10-12-28-19-6-3-2-4-7-19)32-13-9-21-22(32)29-24(31-14-16-33-17-15-31)30-23(21)34-20-8-5-11-27-18-20/h2-8,10-12,18,28H,9,13-17,26H2,1H3/b12-10-. The average molecular weight is 460 g/mol. The molecule has 0 amide bonds. The van der Waals surface area contributed by atoms with Gasteiger partial charge in [-0.15, -0.1) is 0 Å². The predicted octanol–water partition coefficient (Wildman–Crippen LogP) is 3.16. The number of morpholine rings is 1. The van der Waals surface area contributed by atoms with E-state index in [1.807, 2.05) is 61.7 Å². The van der Waals surface area contributed by atoms with Crippen LogP contribution in [0.3, 0.4) is 0 Å². The smallest absolute Gasteiger partial charge is 0.230 e. The van der Waals surface area contributed by atoms with Gasteiger partial charge >= 0.3 is 0 Å². The first-order chi connectivity index (χ1) is 16.6. The van der Waals surface area contributed by atoms with Gasteiger partial charge in [0, 0.05) is 37.7 Å². The largest absolute Gasteiger partial charge is 0.437 e. The highest BCUT2D eigenvalue weighted by Gasteiger charge is 2.36. The molecule has 1 atom stereocenters. The van der Waals surface area contributed by atoms with E-state index in [0.29, 0.717) is 37.3 Å². The number of nitrogens with zero attached hydrogens (tertiary/aromatic N) is 5. The predicted molar refractivity (Wildman–Crippen MR) is 132 cm³/mol. The molecule has 3 N–H and O–H groups in total. The monoisotopic (exact) mass is 459 g/mol. The van der Waals surface area contributed by atoms with E-state index >= 15 is 0 Å².